The first kappa shape index (κ1) is 27.9. The number of benzene rings is 2. The summed E-state index contributed by atoms with van der Waals surface area (Å²) in [5.74, 6) is -0.441. The van der Waals surface area contributed by atoms with Crippen LogP contribution in [0.15, 0.2) is 59.6 Å². The monoisotopic (exact) mass is 560 g/mol. The number of nitrogens with zero attached hydrogens (tertiary/aromatic N) is 2. The minimum atomic E-state index is -4.03. The van der Waals surface area contributed by atoms with E-state index in [4.69, 9.17) is 5.73 Å². The lowest BCUT2D eigenvalue weighted by molar-refractivity contribution is -0.119. The number of likely N-dealkylation sites (tertiary alicyclic amines) is 1. The fourth-order valence-corrected chi connectivity index (χ4v) is 7.92. The molecule has 1 saturated heterocycles. The van der Waals surface area contributed by atoms with Crippen LogP contribution in [0.4, 0.5) is 0 Å². The van der Waals surface area contributed by atoms with Crippen LogP contribution in [0.1, 0.15) is 66.2 Å². The van der Waals surface area contributed by atoms with Crippen LogP contribution in [-0.4, -0.2) is 48.7 Å². The van der Waals surface area contributed by atoms with E-state index in [0.29, 0.717) is 30.9 Å². The molecule has 0 spiro atoms. The highest BCUT2D eigenvalue weighted by molar-refractivity contribution is 7.91. The van der Waals surface area contributed by atoms with E-state index < -0.39 is 26.7 Å². The van der Waals surface area contributed by atoms with Crippen LogP contribution in [0, 0.1) is 23.7 Å². The van der Waals surface area contributed by atoms with Gasteiger partial charge in [-0.05, 0) is 49.1 Å². The number of aromatic amines is 1. The van der Waals surface area contributed by atoms with Gasteiger partial charge in [0.1, 0.15) is 10.9 Å². The fraction of sp³-hybridized carbons (Fsp3) is 0.400. The van der Waals surface area contributed by atoms with Crippen molar-refractivity contribution in [2.75, 3.05) is 13.1 Å². The molecule has 1 aromatic heterocycles. The molecule has 2 atom stereocenters. The molecule has 0 bridgehead atoms. The molecule has 2 aliphatic rings. The van der Waals surface area contributed by atoms with E-state index in [-0.39, 0.29) is 22.9 Å². The molecule has 1 radical (unpaired) electrons. The molecule has 4 N–H and O–H groups in total. The number of primary amides is 1. The topological polar surface area (TPSA) is 149 Å². The number of rotatable bonds is 9. The molecule has 2 fully saturated rings. The van der Waals surface area contributed by atoms with Gasteiger partial charge in [-0.25, -0.2) is 8.42 Å². The molecule has 3 aromatic rings. The third kappa shape index (κ3) is 5.62. The number of sulfone groups is 1. The maximum atomic E-state index is 14.2. The third-order valence-corrected chi connectivity index (χ3v) is 10.3. The first-order valence-corrected chi connectivity index (χ1v) is 15.3. The third-order valence-electron chi connectivity index (χ3n) is 8.22. The van der Waals surface area contributed by atoms with Crippen molar-refractivity contribution in [1.29, 1.82) is 5.26 Å². The Morgan fingerprint density at radius 3 is 2.58 bits per heavy atom. The highest BCUT2D eigenvalue weighted by Gasteiger charge is 2.46. The molecule has 9 nitrogen and oxygen atoms in total. The average Bonchev–Trinajstić information content (AvgIpc) is 3.58. The number of fused-ring (bicyclic) bond motifs is 1. The normalized spacial score (nSPS) is 21.2. The van der Waals surface area contributed by atoms with Gasteiger partial charge >= 0.3 is 0 Å². The smallest absolute Gasteiger partial charge is 0.248 e. The van der Waals surface area contributed by atoms with Gasteiger partial charge in [0, 0.05) is 47.7 Å². The van der Waals surface area contributed by atoms with E-state index in [1.807, 2.05) is 24.3 Å². The van der Waals surface area contributed by atoms with E-state index in [2.05, 4.69) is 16.4 Å². The van der Waals surface area contributed by atoms with E-state index in [9.17, 15) is 23.3 Å². The Morgan fingerprint density at radius 1 is 1.15 bits per heavy atom. The first-order valence-electron chi connectivity index (χ1n) is 13.7. The fourth-order valence-electron chi connectivity index (χ4n) is 6.04. The van der Waals surface area contributed by atoms with Crippen molar-refractivity contribution < 1.29 is 18.0 Å². The van der Waals surface area contributed by atoms with Gasteiger partial charge in [0.25, 0.3) is 0 Å². The van der Waals surface area contributed by atoms with Gasteiger partial charge in [-0.1, -0.05) is 50.3 Å². The summed E-state index contributed by atoms with van der Waals surface area (Å²) in [6.07, 6.45) is 10.2. The molecule has 2 heterocycles. The second-order valence-electron chi connectivity index (χ2n) is 10.9. The number of amides is 2. The summed E-state index contributed by atoms with van der Waals surface area (Å²) in [5.41, 5.74) is 5.69. The number of nitrogens with one attached hydrogen (secondary N) is 2. The molecule has 209 valence electrons. The molecule has 2 amide bonds. The van der Waals surface area contributed by atoms with Crippen molar-refractivity contribution in [2.45, 2.75) is 60.8 Å². The number of carbonyl (C=O) groups excluding carboxylic acids is 2. The SMILES string of the molecule is N#CC1(NC(=O)[CH]CC2CCCCC2)CCN(C(c2c[nH]c3ccccc23)S(=O)(=O)c2ccc(C(N)=O)cc2)C1. The molecule has 1 aliphatic carbocycles. The molecule has 1 aliphatic heterocycles. The van der Waals surface area contributed by atoms with E-state index in [0.717, 1.165) is 23.7 Å². The molecule has 2 aromatic carbocycles. The van der Waals surface area contributed by atoms with E-state index in [1.165, 1.54) is 43.5 Å². The van der Waals surface area contributed by atoms with Crippen LogP contribution in [-0.2, 0) is 14.6 Å². The molecule has 10 heteroatoms. The zero-order valence-electron chi connectivity index (χ0n) is 22.3. The highest BCUT2D eigenvalue weighted by Crippen LogP contribution is 2.40. The lowest BCUT2D eigenvalue weighted by Crippen LogP contribution is -2.50. The summed E-state index contributed by atoms with van der Waals surface area (Å²) in [6, 6.07) is 15.3. The van der Waals surface area contributed by atoms with Gasteiger partial charge in [0.2, 0.25) is 11.8 Å². The number of H-pyrrole nitrogens is 1. The lowest BCUT2D eigenvalue weighted by atomic mass is 9.86. The number of nitrogens with two attached hydrogens (primary N) is 1. The van der Waals surface area contributed by atoms with E-state index in [1.54, 1.807) is 17.5 Å². The first-order chi connectivity index (χ1) is 19.2. The minimum absolute atomic E-state index is 0.0343. The van der Waals surface area contributed by atoms with Gasteiger partial charge in [-0.15, -0.1) is 0 Å². The van der Waals surface area contributed by atoms with Crippen molar-refractivity contribution in [1.82, 2.24) is 15.2 Å². The number of hydrogen-bond donors (Lipinski definition) is 3. The van der Waals surface area contributed by atoms with Gasteiger partial charge in [0.05, 0.1) is 11.0 Å². The number of aromatic nitrogens is 1. The molecule has 5 rings (SSSR count). The van der Waals surface area contributed by atoms with Gasteiger partial charge in [-0.3, -0.25) is 14.5 Å². The zero-order chi connectivity index (χ0) is 28.3. The van der Waals surface area contributed by atoms with Crippen molar-refractivity contribution >= 4 is 32.6 Å². The van der Waals surface area contributed by atoms with Gasteiger partial charge in [0.15, 0.2) is 9.84 Å². The second kappa shape index (κ2) is 11.4. The number of para-hydroxylation sites is 1. The number of nitriles is 1. The van der Waals surface area contributed by atoms with Gasteiger partial charge in [-0.2, -0.15) is 5.26 Å². The predicted molar refractivity (Wildman–Crippen MR) is 151 cm³/mol. The Kier molecular flexibility index (Phi) is 7.97. The Hall–Kier alpha value is -3.68. The van der Waals surface area contributed by atoms with Crippen molar-refractivity contribution in [3.05, 3.63) is 72.3 Å². The quantitative estimate of drug-likeness (QED) is 0.360. The van der Waals surface area contributed by atoms with Crippen molar-refractivity contribution in [3.8, 4) is 6.07 Å². The summed E-state index contributed by atoms with van der Waals surface area (Å²) in [7, 11) is -4.03. The summed E-state index contributed by atoms with van der Waals surface area (Å²) in [5, 5.41) is 12.7. The largest absolute Gasteiger partial charge is 0.366 e. The minimum Gasteiger partial charge on any atom is -0.366 e. The number of carbonyl (C=O) groups is 2. The molecule has 2 unspecified atom stereocenters. The average molecular weight is 561 g/mol. The van der Waals surface area contributed by atoms with Crippen LogP contribution in [0.3, 0.4) is 0 Å². The Morgan fingerprint density at radius 2 is 1.88 bits per heavy atom. The summed E-state index contributed by atoms with van der Waals surface area (Å²) < 4.78 is 28.4. The molecule has 1 saturated carbocycles. The Bertz CT molecular complexity index is 1540. The van der Waals surface area contributed by atoms with E-state index >= 15 is 0 Å². The van der Waals surface area contributed by atoms with Crippen molar-refractivity contribution in [3.63, 3.8) is 0 Å². The predicted octanol–water partition coefficient (Wildman–Crippen LogP) is 4.00. The van der Waals surface area contributed by atoms with Crippen LogP contribution < -0.4 is 11.1 Å². The molecular formula is C30H34N5O4S. The summed E-state index contributed by atoms with van der Waals surface area (Å²) in [6.45, 7) is 0.342. The highest BCUT2D eigenvalue weighted by atomic mass is 32.2. The van der Waals surface area contributed by atoms with Gasteiger partial charge < -0.3 is 16.0 Å². The lowest BCUT2D eigenvalue weighted by Gasteiger charge is -2.29. The maximum Gasteiger partial charge on any atom is 0.248 e. The zero-order valence-corrected chi connectivity index (χ0v) is 23.1. The maximum absolute atomic E-state index is 14.2. The molecular weight excluding hydrogens is 526 g/mol. The molecule has 40 heavy (non-hydrogen) atoms. The summed E-state index contributed by atoms with van der Waals surface area (Å²) in [4.78, 5) is 29.4. The van der Waals surface area contributed by atoms with Crippen LogP contribution >= 0.6 is 0 Å². The standard InChI is InChI=1S/C30H34N5O4S/c31-19-30(34-27(36)15-10-21-6-2-1-3-7-21)16-17-35(20-30)29(25-18-33-26-9-5-4-8-24(25)26)40(38,39)23-13-11-22(12-14-23)28(32)37/h4-5,8-9,11-15,18,21,29,33H,1-3,6-7,10,16-17,20H2,(H2,32,37)(H,34,36). The summed E-state index contributed by atoms with van der Waals surface area (Å²) >= 11 is 0. The van der Waals surface area contributed by atoms with Crippen LogP contribution in [0.5, 0.6) is 0 Å². The van der Waals surface area contributed by atoms with Crippen molar-refractivity contribution in [2.24, 2.45) is 11.7 Å². The number of hydrogen-bond acceptors (Lipinski definition) is 6. The van der Waals surface area contributed by atoms with Crippen LogP contribution in [0.2, 0.25) is 0 Å². The second-order valence-corrected chi connectivity index (χ2v) is 12.9. The van der Waals surface area contributed by atoms with Crippen LogP contribution in [0.25, 0.3) is 10.9 Å². The Labute approximate surface area is 234 Å². The Balaban J connectivity index is 1.43.